The molecule has 2 amide bonds. The third-order valence-electron chi connectivity index (χ3n) is 4.89. The van der Waals surface area contributed by atoms with Gasteiger partial charge in [0.05, 0.1) is 10.6 Å². The highest BCUT2D eigenvalue weighted by Crippen LogP contribution is 2.35. The molecule has 6 nitrogen and oxygen atoms in total. The van der Waals surface area contributed by atoms with Crippen LogP contribution in [0.25, 0.3) is 0 Å². The maximum atomic E-state index is 13.2. The summed E-state index contributed by atoms with van der Waals surface area (Å²) in [6, 6.07) is 1.62. The van der Waals surface area contributed by atoms with Gasteiger partial charge in [0.25, 0.3) is 0 Å². The zero-order valence-electron chi connectivity index (χ0n) is 16.9. The molecule has 1 saturated carbocycles. The van der Waals surface area contributed by atoms with Crippen LogP contribution in [0.15, 0.2) is 6.07 Å². The molecular formula is C21H28N2O4S. The average Bonchev–Trinajstić information content (AvgIpc) is 3.08. The van der Waals surface area contributed by atoms with Crippen molar-refractivity contribution in [1.29, 1.82) is 0 Å². The van der Waals surface area contributed by atoms with Crippen LogP contribution in [0.5, 0.6) is 0 Å². The van der Waals surface area contributed by atoms with Crippen LogP contribution in [-0.2, 0) is 9.59 Å². The number of carboxylic acid groups (broad SMARTS) is 1. The zero-order chi connectivity index (χ0) is 20.8. The first-order valence-corrected chi connectivity index (χ1v) is 10.4. The van der Waals surface area contributed by atoms with Crippen molar-refractivity contribution in [3.63, 3.8) is 0 Å². The molecule has 0 unspecified atom stereocenters. The summed E-state index contributed by atoms with van der Waals surface area (Å²) >= 11 is 1.04. The van der Waals surface area contributed by atoms with Crippen LogP contribution >= 0.6 is 11.3 Å². The van der Waals surface area contributed by atoms with Crippen molar-refractivity contribution in [1.82, 2.24) is 5.32 Å². The minimum atomic E-state index is -1.12. The van der Waals surface area contributed by atoms with Crippen LogP contribution in [0.4, 0.5) is 5.69 Å². The number of carbonyl (C=O) groups is 3. The first-order valence-electron chi connectivity index (χ1n) is 9.63. The van der Waals surface area contributed by atoms with Gasteiger partial charge in [-0.2, -0.15) is 0 Å². The van der Waals surface area contributed by atoms with Crippen molar-refractivity contribution in [3.8, 4) is 11.8 Å². The number of amides is 2. The number of hydrogen-bond acceptors (Lipinski definition) is 4. The molecular weight excluding hydrogens is 376 g/mol. The molecule has 0 spiro atoms. The van der Waals surface area contributed by atoms with E-state index in [0.29, 0.717) is 10.8 Å². The van der Waals surface area contributed by atoms with Crippen LogP contribution in [0, 0.1) is 29.6 Å². The van der Waals surface area contributed by atoms with E-state index in [0.717, 1.165) is 37.0 Å². The van der Waals surface area contributed by atoms with Crippen molar-refractivity contribution < 1.29 is 19.5 Å². The van der Waals surface area contributed by atoms with E-state index in [2.05, 4.69) is 24.1 Å². The lowest BCUT2D eigenvalue weighted by molar-refractivity contribution is -0.126. The predicted molar refractivity (Wildman–Crippen MR) is 111 cm³/mol. The van der Waals surface area contributed by atoms with Gasteiger partial charge in [-0.3, -0.25) is 9.59 Å². The minimum Gasteiger partial charge on any atom is -0.477 e. The maximum absolute atomic E-state index is 13.2. The molecule has 1 aliphatic rings. The molecule has 0 aromatic carbocycles. The Bertz CT molecular complexity index is 795. The van der Waals surface area contributed by atoms with Crippen LogP contribution < -0.4 is 10.2 Å². The number of rotatable bonds is 5. The lowest BCUT2D eigenvalue weighted by atomic mass is 9.82. The summed E-state index contributed by atoms with van der Waals surface area (Å²) in [4.78, 5) is 39.0. The summed E-state index contributed by atoms with van der Waals surface area (Å²) in [6.07, 6.45) is 3.45. The Kier molecular flexibility index (Phi) is 7.64. The molecule has 2 N–H and O–H groups in total. The number of nitrogens with one attached hydrogen (secondary N) is 1. The van der Waals surface area contributed by atoms with E-state index in [-0.39, 0.29) is 40.8 Å². The molecule has 2 rings (SSSR count). The highest BCUT2D eigenvalue weighted by molar-refractivity contribution is 7.15. The number of likely N-dealkylation sites (N-methyl/N-ethyl adjacent to an activating group) is 1. The second-order valence-corrected chi connectivity index (χ2v) is 8.66. The van der Waals surface area contributed by atoms with Crippen molar-refractivity contribution >= 4 is 34.8 Å². The molecule has 1 aromatic heterocycles. The number of aromatic carboxylic acids is 1. The largest absolute Gasteiger partial charge is 0.477 e. The molecule has 1 aliphatic carbocycles. The van der Waals surface area contributed by atoms with E-state index in [1.807, 2.05) is 13.8 Å². The smallest absolute Gasteiger partial charge is 0.348 e. The van der Waals surface area contributed by atoms with Gasteiger partial charge in [-0.05, 0) is 37.7 Å². The van der Waals surface area contributed by atoms with Crippen molar-refractivity contribution in [2.75, 3.05) is 18.5 Å². The highest BCUT2D eigenvalue weighted by atomic mass is 32.1. The molecule has 1 aromatic rings. The number of thiophene rings is 1. The molecule has 0 bridgehead atoms. The fourth-order valence-electron chi connectivity index (χ4n) is 3.24. The standard InChI is InChI=1S/C21H28N2O4S/c1-13(2)5-10-16-11-17(19(28-16)21(26)27)23(12-18(24)22-4)20(25)15-8-6-14(3)7-9-15/h11,13-15H,6-9,12H2,1-4H3,(H,22,24)(H,26,27). The second kappa shape index (κ2) is 9.74. The van der Waals surface area contributed by atoms with E-state index in [4.69, 9.17) is 0 Å². The summed E-state index contributed by atoms with van der Waals surface area (Å²) in [5, 5.41) is 12.2. The van der Waals surface area contributed by atoms with Gasteiger partial charge in [0.2, 0.25) is 11.8 Å². The van der Waals surface area contributed by atoms with E-state index >= 15 is 0 Å². The third kappa shape index (κ3) is 5.59. The number of carboxylic acids is 1. The topological polar surface area (TPSA) is 86.7 Å². The lowest BCUT2D eigenvalue weighted by Crippen LogP contribution is -2.44. The van der Waals surface area contributed by atoms with Crippen LogP contribution in [0.2, 0.25) is 0 Å². The summed E-state index contributed by atoms with van der Waals surface area (Å²) in [6.45, 7) is 5.87. The summed E-state index contributed by atoms with van der Waals surface area (Å²) in [7, 11) is 1.50. The molecule has 1 fully saturated rings. The number of carbonyl (C=O) groups excluding carboxylic acids is 2. The highest BCUT2D eigenvalue weighted by Gasteiger charge is 2.32. The molecule has 0 radical (unpaired) electrons. The van der Waals surface area contributed by atoms with Crippen molar-refractivity contribution in [2.24, 2.45) is 17.8 Å². The van der Waals surface area contributed by atoms with E-state index < -0.39 is 5.97 Å². The molecule has 0 atom stereocenters. The quantitative estimate of drug-likeness (QED) is 0.737. The monoisotopic (exact) mass is 404 g/mol. The van der Waals surface area contributed by atoms with Crippen LogP contribution in [0.3, 0.4) is 0 Å². The van der Waals surface area contributed by atoms with Gasteiger partial charge in [-0.25, -0.2) is 4.79 Å². The van der Waals surface area contributed by atoms with E-state index in [9.17, 15) is 19.5 Å². The average molecular weight is 405 g/mol. The molecule has 1 heterocycles. The van der Waals surface area contributed by atoms with Gasteiger partial charge in [0, 0.05) is 18.9 Å². The summed E-state index contributed by atoms with van der Waals surface area (Å²) in [5.41, 5.74) is 0.262. The first-order chi connectivity index (χ1) is 13.2. The molecule has 28 heavy (non-hydrogen) atoms. The molecule has 0 aliphatic heterocycles. The molecule has 152 valence electrons. The second-order valence-electron chi connectivity index (χ2n) is 7.61. The van der Waals surface area contributed by atoms with Gasteiger partial charge in [-0.1, -0.05) is 32.6 Å². The molecule has 0 saturated heterocycles. The third-order valence-corrected chi connectivity index (χ3v) is 5.92. The van der Waals surface area contributed by atoms with Crippen LogP contribution in [0.1, 0.15) is 61.0 Å². The van der Waals surface area contributed by atoms with E-state index in [1.54, 1.807) is 6.07 Å². The zero-order valence-corrected chi connectivity index (χ0v) is 17.7. The SMILES string of the molecule is CNC(=O)CN(C(=O)C1CCC(C)CC1)c1cc(C#CC(C)C)sc1C(=O)O. The Labute approximate surface area is 170 Å². The normalized spacial score (nSPS) is 18.9. The lowest BCUT2D eigenvalue weighted by Gasteiger charge is -2.30. The fraction of sp³-hybridized carbons (Fsp3) is 0.571. The minimum absolute atomic E-state index is 0.0366. The van der Waals surface area contributed by atoms with Crippen molar-refractivity contribution in [3.05, 3.63) is 15.8 Å². The number of nitrogens with zero attached hydrogens (tertiary/aromatic N) is 1. The Morgan fingerprint density at radius 2 is 1.93 bits per heavy atom. The Morgan fingerprint density at radius 3 is 2.46 bits per heavy atom. The predicted octanol–water partition coefficient (Wildman–Crippen LogP) is 3.36. The van der Waals surface area contributed by atoms with E-state index in [1.165, 1.54) is 11.9 Å². The van der Waals surface area contributed by atoms with Gasteiger partial charge in [-0.15, -0.1) is 11.3 Å². The summed E-state index contributed by atoms with van der Waals surface area (Å²) < 4.78 is 0. The molecule has 7 heteroatoms. The first kappa shape index (κ1) is 22.0. The van der Waals surface area contributed by atoms with Crippen LogP contribution in [-0.4, -0.2) is 36.5 Å². The van der Waals surface area contributed by atoms with Gasteiger partial charge in [0.1, 0.15) is 11.4 Å². The van der Waals surface area contributed by atoms with Gasteiger partial charge < -0.3 is 15.3 Å². The summed E-state index contributed by atoms with van der Waals surface area (Å²) in [5.74, 6) is 4.89. The number of anilines is 1. The Hall–Kier alpha value is -2.33. The Morgan fingerprint density at radius 1 is 1.29 bits per heavy atom. The maximum Gasteiger partial charge on any atom is 0.348 e. The number of hydrogen-bond donors (Lipinski definition) is 2. The Balaban J connectivity index is 2.42. The van der Waals surface area contributed by atoms with Crippen molar-refractivity contribution in [2.45, 2.75) is 46.5 Å². The van der Waals surface area contributed by atoms with Gasteiger partial charge in [0.15, 0.2) is 0 Å². The fourth-order valence-corrected chi connectivity index (χ4v) is 4.11. The van der Waals surface area contributed by atoms with Gasteiger partial charge >= 0.3 is 5.97 Å².